The van der Waals surface area contributed by atoms with E-state index >= 15 is 0 Å². The molecule has 0 aliphatic rings. The summed E-state index contributed by atoms with van der Waals surface area (Å²) in [5.74, 6) is 0.825. The van der Waals surface area contributed by atoms with Crippen LogP contribution in [0, 0.1) is 5.92 Å². The smallest absolute Gasteiger partial charge is 0.233 e. The largest absolute Gasteiger partial charge is 0.324 e. The van der Waals surface area contributed by atoms with E-state index in [4.69, 9.17) is 0 Å². The fourth-order valence-electron chi connectivity index (χ4n) is 2.80. The average Bonchev–Trinajstić information content (AvgIpc) is 2.96. The molecule has 124 valence electrons. The molecule has 0 radical (unpaired) electrons. The van der Waals surface area contributed by atoms with Crippen LogP contribution in [0.5, 0.6) is 0 Å². The number of hydrogen-bond acceptors (Lipinski definition) is 2. The molecule has 0 spiro atoms. The third-order valence-corrected chi connectivity index (χ3v) is 4.15. The molecule has 3 aromatic rings. The van der Waals surface area contributed by atoms with Gasteiger partial charge in [0.1, 0.15) is 0 Å². The molecule has 24 heavy (non-hydrogen) atoms. The summed E-state index contributed by atoms with van der Waals surface area (Å²) in [6, 6.07) is 16.0. The van der Waals surface area contributed by atoms with Crippen LogP contribution in [0.3, 0.4) is 0 Å². The Morgan fingerprint density at radius 3 is 2.46 bits per heavy atom. The molecule has 1 aromatic heterocycles. The van der Waals surface area contributed by atoms with Gasteiger partial charge in [-0.25, -0.2) is 4.98 Å². The van der Waals surface area contributed by atoms with Gasteiger partial charge in [0.05, 0.1) is 17.0 Å². The molecule has 1 heterocycles. The van der Waals surface area contributed by atoms with Gasteiger partial charge in [-0.3, -0.25) is 10.1 Å². The maximum absolute atomic E-state index is 12.5. The second-order valence-corrected chi connectivity index (χ2v) is 6.65. The predicted octanol–water partition coefficient (Wildman–Crippen LogP) is 4.50. The summed E-state index contributed by atoms with van der Waals surface area (Å²) in [4.78, 5) is 20.0. The Kier molecular flexibility index (Phi) is 4.65. The summed E-state index contributed by atoms with van der Waals surface area (Å²) in [5.41, 5.74) is 4.08. The van der Waals surface area contributed by atoms with Crippen molar-refractivity contribution in [1.82, 2.24) is 9.97 Å². The van der Waals surface area contributed by atoms with Crippen molar-refractivity contribution in [3.8, 4) is 0 Å². The van der Waals surface area contributed by atoms with E-state index in [9.17, 15) is 4.79 Å². The van der Waals surface area contributed by atoms with Gasteiger partial charge in [-0.1, -0.05) is 50.2 Å². The van der Waals surface area contributed by atoms with Crippen LogP contribution < -0.4 is 5.32 Å². The van der Waals surface area contributed by atoms with E-state index in [2.05, 4.69) is 41.3 Å². The van der Waals surface area contributed by atoms with Gasteiger partial charge in [0, 0.05) is 0 Å². The van der Waals surface area contributed by atoms with Gasteiger partial charge in [0.2, 0.25) is 11.9 Å². The SMILES string of the molecule is CC(C)Cc1ccc(C(C)C(=O)Nc2nc3ccccc3[nH]2)cc1. The monoisotopic (exact) mass is 321 g/mol. The molecular weight excluding hydrogens is 298 g/mol. The predicted molar refractivity (Wildman–Crippen MR) is 98.1 cm³/mol. The van der Waals surface area contributed by atoms with E-state index < -0.39 is 0 Å². The van der Waals surface area contributed by atoms with E-state index in [1.807, 2.05) is 43.3 Å². The van der Waals surface area contributed by atoms with E-state index in [0.717, 1.165) is 23.0 Å². The molecule has 0 saturated carbocycles. The lowest BCUT2D eigenvalue weighted by Crippen LogP contribution is -2.19. The average molecular weight is 321 g/mol. The molecule has 4 heteroatoms. The number of carbonyl (C=O) groups is 1. The maximum atomic E-state index is 12.5. The first-order chi connectivity index (χ1) is 11.5. The Hall–Kier alpha value is -2.62. The first kappa shape index (κ1) is 16.2. The van der Waals surface area contributed by atoms with E-state index in [-0.39, 0.29) is 11.8 Å². The van der Waals surface area contributed by atoms with Gasteiger partial charge in [-0.2, -0.15) is 0 Å². The lowest BCUT2D eigenvalue weighted by Gasteiger charge is -2.12. The Morgan fingerprint density at radius 2 is 1.79 bits per heavy atom. The van der Waals surface area contributed by atoms with Gasteiger partial charge >= 0.3 is 0 Å². The number of carbonyl (C=O) groups excluding carboxylic acids is 1. The molecule has 1 unspecified atom stereocenters. The summed E-state index contributed by atoms with van der Waals surface area (Å²) in [6.45, 7) is 6.32. The first-order valence-corrected chi connectivity index (χ1v) is 8.37. The molecule has 0 aliphatic carbocycles. The molecule has 1 atom stereocenters. The van der Waals surface area contributed by atoms with Crippen LogP contribution in [-0.4, -0.2) is 15.9 Å². The molecule has 2 N–H and O–H groups in total. The van der Waals surface area contributed by atoms with E-state index in [1.54, 1.807) is 0 Å². The van der Waals surface area contributed by atoms with Crippen molar-refractivity contribution in [2.45, 2.75) is 33.1 Å². The highest BCUT2D eigenvalue weighted by atomic mass is 16.2. The highest BCUT2D eigenvalue weighted by molar-refractivity contribution is 5.95. The van der Waals surface area contributed by atoms with Crippen LogP contribution in [0.4, 0.5) is 5.95 Å². The Labute approximate surface area is 142 Å². The molecule has 0 bridgehead atoms. The minimum Gasteiger partial charge on any atom is -0.324 e. The van der Waals surface area contributed by atoms with E-state index in [0.29, 0.717) is 11.9 Å². The highest BCUT2D eigenvalue weighted by Crippen LogP contribution is 2.20. The van der Waals surface area contributed by atoms with Crippen molar-refractivity contribution in [3.05, 3.63) is 59.7 Å². The second kappa shape index (κ2) is 6.87. The summed E-state index contributed by atoms with van der Waals surface area (Å²) in [7, 11) is 0. The van der Waals surface area contributed by atoms with Crippen LogP contribution in [0.25, 0.3) is 11.0 Å². The number of aromatic amines is 1. The lowest BCUT2D eigenvalue weighted by molar-refractivity contribution is -0.117. The summed E-state index contributed by atoms with van der Waals surface area (Å²) in [5, 5.41) is 2.87. The fraction of sp³-hybridized carbons (Fsp3) is 0.300. The Balaban J connectivity index is 1.69. The van der Waals surface area contributed by atoms with Crippen molar-refractivity contribution in [2.24, 2.45) is 5.92 Å². The minimum atomic E-state index is -0.230. The Bertz CT molecular complexity index is 800. The number of imidazole rings is 1. The second-order valence-electron chi connectivity index (χ2n) is 6.65. The van der Waals surface area contributed by atoms with Gasteiger partial charge in [0.25, 0.3) is 0 Å². The first-order valence-electron chi connectivity index (χ1n) is 8.37. The number of anilines is 1. The molecule has 0 saturated heterocycles. The van der Waals surface area contributed by atoms with Crippen molar-refractivity contribution < 1.29 is 4.79 Å². The zero-order valence-corrected chi connectivity index (χ0v) is 14.3. The van der Waals surface area contributed by atoms with Crippen LogP contribution in [0.2, 0.25) is 0 Å². The number of hydrogen-bond donors (Lipinski definition) is 2. The normalized spacial score (nSPS) is 12.5. The molecule has 0 aliphatic heterocycles. The number of H-pyrrole nitrogens is 1. The number of rotatable bonds is 5. The molecule has 0 fully saturated rings. The Morgan fingerprint density at radius 1 is 1.08 bits per heavy atom. The number of fused-ring (bicyclic) bond motifs is 1. The van der Waals surface area contributed by atoms with Crippen molar-refractivity contribution in [1.29, 1.82) is 0 Å². The van der Waals surface area contributed by atoms with E-state index in [1.165, 1.54) is 5.56 Å². The minimum absolute atomic E-state index is 0.0642. The molecule has 2 aromatic carbocycles. The molecule has 3 rings (SSSR count). The number of amides is 1. The molecular formula is C20H23N3O. The van der Waals surface area contributed by atoms with Crippen LogP contribution in [-0.2, 0) is 11.2 Å². The highest BCUT2D eigenvalue weighted by Gasteiger charge is 2.16. The van der Waals surface area contributed by atoms with Gasteiger partial charge in [-0.15, -0.1) is 0 Å². The van der Waals surface area contributed by atoms with Crippen LogP contribution >= 0.6 is 0 Å². The van der Waals surface area contributed by atoms with Gasteiger partial charge < -0.3 is 4.98 Å². The third-order valence-electron chi connectivity index (χ3n) is 4.15. The van der Waals surface area contributed by atoms with Crippen molar-refractivity contribution in [2.75, 3.05) is 5.32 Å². The zero-order chi connectivity index (χ0) is 17.1. The van der Waals surface area contributed by atoms with Crippen molar-refractivity contribution in [3.63, 3.8) is 0 Å². The maximum Gasteiger partial charge on any atom is 0.233 e. The molecule has 1 amide bonds. The lowest BCUT2D eigenvalue weighted by atomic mass is 9.96. The third kappa shape index (κ3) is 3.65. The van der Waals surface area contributed by atoms with Gasteiger partial charge in [-0.05, 0) is 42.5 Å². The van der Waals surface area contributed by atoms with Crippen molar-refractivity contribution >= 4 is 22.9 Å². The standard InChI is InChI=1S/C20H23N3O/c1-13(2)12-15-8-10-16(11-9-15)14(3)19(24)23-20-21-17-6-4-5-7-18(17)22-20/h4-11,13-14H,12H2,1-3H3,(H2,21,22,23,24). The fourth-order valence-corrected chi connectivity index (χ4v) is 2.80. The van der Waals surface area contributed by atoms with Gasteiger partial charge in [0.15, 0.2) is 0 Å². The summed E-state index contributed by atoms with van der Waals surface area (Å²) in [6.07, 6.45) is 1.06. The number of nitrogens with one attached hydrogen (secondary N) is 2. The number of benzene rings is 2. The topological polar surface area (TPSA) is 57.8 Å². The quantitative estimate of drug-likeness (QED) is 0.726. The van der Waals surface area contributed by atoms with Crippen LogP contribution in [0.1, 0.15) is 37.8 Å². The number of nitrogens with zero attached hydrogens (tertiary/aromatic N) is 1. The van der Waals surface area contributed by atoms with Crippen LogP contribution in [0.15, 0.2) is 48.5 Å². The summed E-state index contributed by atoms with van der Waals surface area (Å²) < 4.78 is 0. The number of aromatic nitrogens is 2. The molecule has 4 nitrogen and oxygen atoms in total. The number of para-hydroxylation sites is 2. The summed E-state index contributed by atoms with van der Waals surface area (Å²) >= 11 is 0. The zero-order valence-electron chi connectivity index (χ0n) is 14.3.